The van der Waals surface area contributed by atoms with Crippen LogP contribution in [0.5, 0.6) is 5.75 Å². The summed E-state index contributed by atoms with van der Waals surface area (Å²) >= 11 is 0. The summed E-state index contributed by atoms with van der Waals surface area (Å²) in [6.45, 7) is 9.02. The fraction of sp³-hybridized carbons (Fsp3) is 0.500. The van der Waals surface area contributed by atoms with Crippen LogP contribution in [0.1, 0.15) is 19.4 Å². The number of carbonyl (C=O) groups excluding carboxylic acids is 1. The molecule has 5 nitrogen and oxygen atoms in total. The van der Waals surface area contributed by atoms with Gasteiger partial charge in [-0.15, -0.1) is 12.4 Å². The highest BCUT2D eigenvalue weighted by Crippen LogP contribution is 2.14. The van der Waals surface area contributed by atoms with Crippen molar-refractivity contribution in [3.63, 3.8) is 0 Å². The molecule has 0 saturated carbocycles. The van der Waals surface area contributed by atoms with Crippen LogP contribution in [0.25, 0.3) is 0 Å². The summed E-state index contributed by atoms with van der Waals surface area (Å²) < 4.78 is 5.02. The average Bonchev–Trinajstić information content (AvgIpc) is 2.43. The van der Waals surface area contributed by atoms with Crippen LogP contribution in [-0.4, -0.2) is 37.2 Å². The number of ether oxygens (including phenoxy) is 1. The molecule has 0 aliphatic heterocycles. The van der Waals surface area contributed by atoms with Gasteiger partial charge in [-0.3, -0.25) is 0 Å². The van der Waals surface area contributed by atoms with Crippen LogP contribution in [0.15, 0.2) is 24.3 Å². The molecule has 0 atom stereocenters. The van der Waals surface area contributed by atoms with E-state index < -0.39 is 6.09 Å². The van der Waals surface area contributed by atoms with E-state index in [9.17, 15) is 4.79 Å². The third-order valence-electron chi connectivity index (χ3n) is 2.87. The average molecular weight is 303 g/mol. The zero-order valence-electron chi connectivity index (χ0n) is 12.2. The fourth-order valence-corrected chi connectivity index (χ4v) is 1.60. The fourth-order valence-electron chi connectivity index (χ4n) is 1.60. The van der Waals surface area contributed by atoms with Gasteiger partial charge in [0.1, 0.15) is 6.61 Å². The van der Waals surface area contributed by atoms with E-state index in [1.54, 1.807) is 6.07 Å². The lowest BCUT2D eigenvalue weighted by atomic mass is 10.2. The van der Waals surface area contributed by atoms with Gasteiger partial charge in [-0.25, -0.2) is 4.79 Å². The first-order valence-electron chi connectivity index (χ1n) is 6.55. The lowest BCUT2D eigenvalue weighted by Crippen LogP contribution is -2.32. The van der Waals surface area contributed by atoms with E-state index in [-0.39, 0.29) is 12.4 Å². The standard InChI is InChI=1S/C14H22N2O3.ClH/c1-4-16(5-2)10-11-18-14(17)15-19-13-9-7-6-8-12(13)3;/h6-9H,4-5,10-11H2,1-3H3,(H,15,17);1H. The number of nitrogens with zero attached hydrogens (tertiary/aromatic N) is 1. The number of rotatable bonds is 7. The van der Waals surface area contributed by atoms with Gasteiger partial charge in [0.15, 0.2) is 5.75 Å². The molecule has 1 aromatic rings. The van der Waals surface area contributed by atoms with Gasteiger partial charge in [0.25, 0.3) is 0 Å². The van der Waals surface area contributed by atoms with E-state index in [0.29, 0.717) is 12.4 Å². The van der Waals surface area contributed by atoms with Crippen LogP contribution in [0.2, 0.25) is 0 Å². The van der Waals surface area contributed by atoms with Crippen molar-refractivity contribution in [1.29, 1.82) is 0 Å². The van der Waals surface area contributed by atoms with E-state index in [4.69, 9.17) is 9.57 Å². The number of para-hydroxylation sites is 1. The molecular formula is C14H23ClN2O3. The Bertz CT molecular complexity index is 398. The molecule has 0 spiro atoms. The molecule has 0 aromatic heterocycles. The van der Waals surface area contributed by atoms with Crippen molar-refractivity contribution in [3.8, 4) is 5.75 Å². The summed E-state index contributed by atoms with van der Waals surface area (Å²) in [5.41, 5.74) is 3.22. The number of amides is 1. The highest BCUT2D eigenvalue weighted by molar-refractivity contribution is 5.85. The molecule has 1 aromatic carbocycles. The first-order valence-corrected chi connectivity index (χ1v) is 6.55. The number of hydroxylamine groups is 1. The van der Waals surface area contributed by atoms with E-state index in [1.807, 2.05) is 25.1 Å². The van der Waals surface area contributed by atoms with Crippen molar-refractivity contribution in [2.75, 3.05) is 26.2 Å². The number of halogens is 1. The number of hydrogen-bond donors (Lipinski definition) is 1. The molecular weight excluding hydrogens is 280 g/mol. The Morgan fingerprint density at radius 3 is 2.50 bits per heavy atom. The highest BCUT2D eigenvalue weighted by Gasteiger charge is 2.05. The van der Waals surface area contributed by atoms with Gasteiger partial charge in [-0.1, -0.05) is 32.0 Å². The predicted molar refractivity (Wildman–Crippen MR) is 81.3 cm³/mol. The van der Waals surface area contributed by atoms with Crippen molar-refractivity contribution in [3.05, 3.63) is 29.8 Å². The van der Waals surface area contributed by atoms with Gasteiger partial charge < -0.3 is 14.5 Å². The lowest BCUT2D eigenvalue weighted by molar-refractivity contribution is 0.0905. The van der Waals surface area contributed by atoms with Crippen molar-refractivity contribution in [2.24, 2.45) is 0 Å². The zero-order valence-corrected chi connectivity index (χ0v) is 13.0. The van der Waals surface area contributed by atoms with Gasteiger partial charge in [-0.05, 0) is 31.6 Å². The van der Waals surface area contributed by atoms with Crippen LogP contribution in [0.4, 0.5) is 4.79 Å². The smallest absolute Gasteiger partial charge is 0.440 e. The molecule has 0 saturated heterocycles. The second-order valence-corrected chi connectivity index (χ2v) is 4.13. The summed E-state index contributed by atoms with van der Waals surface area (Å²) in [4.78, 5) is 18.8. The lowest BCUT2D eigenvalue weighted by Gasteiger charge is -2.17. The first-order chi connectivity index (χ1) is 9.17. The molecule has 0 unspecified atom stereocenters. The Morgan fingerprint density at radius 2 is 1.90 bits per heavy atom. The van der Waals surface area contributed by atoms with Crippen LogP contribution >= 0.6 is 12.4 Å². The SMILES string of the molecule is CCN(CC)CCOC(=O)NOc1ccccc1C.Cl. The van der Waals surface area contributed by atoms with E-state index >= 15 is 0 Å². The molecule has 114 valence electrons. The van der Waals surface area contributed by atoms with Gasteiger partial charge >= 0.3 is 6.09 Å². The maximum atomic E-state index is 11.4. The number of likely N-dealkylation sites (N-methyl/N-ethyl adjacent to an activating group) is 1. The minimum Gasteiger partial charge on any atom is -0.446 e. The van der Waals surface area contributed by atoms with Crippen LogP contribution in [0, 0.1) is 6.92 Å². The van der Waals surface area contributed by atoms with Crippen LogP contribution in [-0.2, 0) is 4.74 Å². The quantitative estimate of drug-likeness (QED) is 0.787. The van der Waals surface area contributed by atoms with Crippen molar-refractivity contribution in [2.45, 2.75) is 20.8 Å². The number of aryl methyl sites for hydroxylation is 1. The van der Waals surface area contributed by atoms with E-state index in [2.05, 4.69) is 24.2 Å². The Morgan fingerprint density at radius 1 is 1.25 bits per heavy atom. The third kappa shape index (κ3) is 6.63. The minimum absolute atomic E-state index is 0. The topological polar surface area (TPSA) is 50.8 Å². The Balaban J connectivity index is 0.00000361. The number of benzene rings is 1. The molecule has 6 heteroatoms. The Labute approximate surface area is 126 Å². The molecule has 1 rings (SSSR count). The normalized spacial score (nSPS) is 9.80. The summed E-state index contributed by atoms with van der Waals surface area (Å²) in [5, 5.41) is 0. The zero-order chi connectivity index (χ0) is 14.1. The van der Waals surface area contributed by atoms with Gasteiger partial charge in [0.2, 0.25) is 0 Å². The third-order valence-corrected chi connectivity index (χ3v) is 2.87. The van der Waals surface area contributed by atoms with Gasteiger partial charge in [-0.2, -0.15) is 5.48 Å². The number of carbonyl (C=O) groups is 1. The molecule has 1 amide bonds. The van der Waals surface area contributed by atoms with Gasteiger partial charge in [0.05, 0.1) is 0 Å². The second-order valence-electron chi connectivity index (χ2n) is 4.13. The summed E-state index contributed by atoms with van der Waals surface area (Å²) in [7, 11) is 0. The van der Waals surface area contributed by atoms with Crippen LogP contribution in [0.3, 0.4) is 0 Å². The number of nitrogens with one attached hydrogen (secondary N) is 1. The van der Waals surface area contributed by atoms with Crippen LogP contribution < -0.4 is 10.3 Å². The molecule has 20 heavy (non-hydrogen) atoms. The van der Waals surface area contributed by atoms with E-state index in [0.717, 1.165) is 25.2 Å². The monoisotopic (exact) mass is 302 g/mol. The maximum absolute atomic E-state index is 11.4. The number of hydrogen-bond acceptors (Lipinski definition) is 4. The first kappa shape index (κ1) is 18.5. The van der Waals surface area contributed by atoms with E-state index in [1.165, 1.54) is 0 Å². The highest BCUT2D eigenvalue weighted by atomic mass is 35.5. The molecule has 0 fully saturated rings. The Kier molecular flexibility index (Phi) is 9.59. The summed E-state index contributed by atoms with van der Waals surface area (Å²) in [6.07, 6.45) is -0.574. The molecule has 0 aliphatic rings. The van der Waals surface area contributed by atoms with Crippen molar-refractivity contribution >= 4 is 18.5 Å². The van der Waals surface area contributed by atoms with Crippen molar-refractivity contribution in [1.82, 2.24) is 10.4 Å². The predicted octanol–water partition coefficient (Wildman–Crippen LogP) is 2.78. The molecule has 0 radical (unpaired) electrons. The largest absolute Gasteiger partial charge is 0.446 e. The maximum Gasteiger partial charge on any atom is 0.440 e. The molecule has 0 bridgehead atoms. The summed E-state index contributed by atoms with van der Waals surface area (Å²) in [6, 6.07) is 7.44. The van der Waals surface area contributed by atoms with Crippen molar-refractivity contribution < 1.29 is 14.4 Å². The second kappa shape index (κ2) is 10.3. The molecule has 0 heterocycles. The summed E-state index contributed by atoms with van der Waals surface area (Å²) in [5.74, 6) is 0.614. The Hall–Kier alpha value is -1.46. The minimum atomic E-state index is -0.574. The molecule has 0 aliphatic carbocycles. The van der Waals surface area contributed by atoms with Gasteiger partial charge in [0, 0.05) is 6.54 Å². The molecule has 1 N–H and O–H groups in total.